The van der Waals surface area contributed by atoms with Gasteiger partial charge in [-0.1, -0.05) is 42.5 Å². The standard InChI is InChI=1S/C22H29N3O/c1-24-15-17-25(18-16-24)14-6-5-9-22(26)23-21-12-10-20(11-13-21)19-7-3-2-4-8-19/h2-4,7-8,10-13H,5-6,9,14-18H2,1H3,(H,23,26). The molecule has 0 aromatic heterocycles. The first-order valence-electron chi connectivity index (χ1n) is 9.57. The van der Waals surface area contributed by atoms with Crippen LogP contribution in [0.4, 0.5) is 5.69 Å². The van der Waals surface area contributed by atoms with Crippen molar-refractivity contribution in [2.75, 3.05) is 45.1 Å². The van der Waals surface area contributed by atoms with Gasteiger partial charge in [0.15, 0.2) is 0 Å². The van der Waals surface area contributed by atoms with E-state index in [2.05, 4.69) is 46.4 Å². The van der Waals surface area contributed by atoms with Gasteiger partial charge >= 0.3 is 0 Å². The lowest BCUT2D eigenvalue weighted by Crippen LogP contribution is -2.44. The summed E-state index contributed by atoms with van der Waals surface area (Å²) in [5.74, 6) is 0.107. The minimum atomic E-state index is 0.107. The number of benzene rings is 2. The average Bonchev–Trinajstić information content (AvgIpc) is 2.68. The van der Waals surface area contributed by atoms with Crippen LogP contribution in [0.3, 0.4) is 0 Å². The minimum absolute atomic E-state index is 0.107. The minimum Gasteiger partial charge on any atom is -0.326 e. The monoisotopic (exact) mass is 351 g/mol. The van der Waals surface area contributed by atoms with Gasteiger partial charge in [-0.05, 0) is 49.7 Å². The summed E-state index contributed by atoms with van der Waals surface area (Å²) in [6.45, 7) is 5.71. The Morgan fingerprint density at radius 3 is 2.23 bits per heavy atom. The highest BCUT2D eigenvalue weighted by Gasteiger charge is 2.13. The Bertz CT molecular complexity index is 676. The van der Waals surface area contributed by atoms with Gasteiger partial charge < -0.3 is 15.1 Å². The Balaban J connectivity index is 1.37. The molecular weight excluding hydrogens is 322 g/mol. The summed E-state index contributed by atoms with van der Waals surface area (Å²) in [6.07, 6.45) is 2.62. The largest absolute Gasteiger partial charge is 0.326 e. The molecule has 1 N–H and O–H groups in total. The molecule has 0 aliphatic carbocycles. The number of anilines is 1. The molecule has 0 saturated carbocycles. The number of rotatable bonds is 7. The molecule has 138 valence electrons. The summed E-state index contributed by atoms with van der Waals surface area (Å²) >= 11 is 0. The molecule has 0 spiro atoms. The smallest absolute Gasteiger partial charge is 0.224 e. The highest BCUT2D eigenvalue weighted by molar-refractivity contribution is 5.90. The van der Waals surface area contributed by atoms with Crippen LogP contribution < -0.4 is 5.32 Å². The van der Waals surface area contributed by atoms with E-state index in [-0.39, 0.29) is 5.91 Å². The predicted molar refractivity (Wildman–Crippen MR) is 108 cm³/mol. The van der Waals surface area contributed by atoms with Gasteiger partial charge in [0.25, 0.3) is 0 Å². The van der Waals surface area contributed by atoms with Crippen LogP contribution in [-0.4, -0.2) is 55.5 Å². The third-order valence-corrected chi connectivity index (χ3v) is 5.00. The highest BCUT2D eigenvalue weighted by Crippen LogP contribution is 2.21. The molecule has 0 atom stereocenters. The third-order valence-electron chi connectivity index (χ3n) is 5.00. The Morgan fingerprint density at radius 2 is 1.54 bits per heavy atom. The van der Waals surface area contributed by atoms with Crippen LogP contribution in [0.2, 0.25) is 0 Å². The molecule has 0 radical (unpaired) electrons. The van der Waals surface area contributed by atoms with E-state index in [0.717, 1.165) is 56.8 Å². The molecule has 1 aliphatic heterocycles. The Morgan fingerprint density at radius 1 is 0.885 bits per heavy atom. The Hall–Kier alpha value is -2.17. The van der Waals surface area contributed by atoms with Crippen molar-refractivity contribution >= 4 is 11.6 Å². The van der Waals surface area contributed by atoms with Crippen molar-refractivity contribution in [2.45, 2.75) is 19.3 Å². The first-order valence-corrected chi connectivity index (χ1v) is 9.57. The van der Waals surface area contributed by atoms with Gasteiger partial charge in [-0.3, -0.25) is 4.79 Å². The fourth-order valence-electron chi connectivity index (χ4n) is 3.29. The average molecular weight is 351 g/mol. The van der Waals surface area contributed by atoms with Gasteiger partial charge in [-0.2, -0.15) is 0 Å². The lowest BCUT2D eigenvalue weighted by atomic mass is 10.1. The third kappa shape index (κ3) is 5.68. The van der Waals surface area contributed by atoms with Crippen LogP contribution in [-0.2, 0) is 4.79 Å². The predicted octanol–water partition coefficient (Wildman–Crippen LogP) is 3.71. The highest BCUT2D eigenvalue weighted by atomic mass is 16.1. The van der Waals surface area contributed by atoms with Gasteiger partial charge in [-0.15, -0.1) is 0 Å². The number of unbranched alkanes of at least 4 members (excludes halogenated alkanes) is 1. The van der Waals surface area contributed by atoms with Gasteiger partial charge in [0.05, 0.1) is 0 Å². The summed E-state index contributed by atoms with van der Waals surface area (Å²) in [7, 11) is 2.17. The van der Waals surface area contributed by atoms with Crippen LogP contribution in [0, 0.1) is 0 Å². The Labute approximate surface area is 156 Å². The SMILES string of the molecule is CN1CCN(CCCCC(=O)Nc2ccc(-c3ccccc3)cc2)CC1. The maximum Gasteiger partial charge on any atom is 0.224 e. The molecule has 1 saturated heterocycles. The maximum atomic E-state index is 12.1. The van der Waals surface area contributed by atoms with Crippen LogP contribution in [0.15, 0.2) is 54.6 Å². The lowest BCUT2D eigenvalue weighted by molar-refractivity contribution is -0.116. The second-order valence-corrected chi connectivity index (χ2v) is 7.09. The number of nitrogens with zero attached hydrogens (tertiary/aromatic N) is 2. The molecule has 4 heteroatoms. The van der Waals surface area contributed by atoms with Crippen molar-refractivity contribution in [1.82, 2.24) is 9.80 Å². The van der Waals surface area contributed by atoms with Gasteiger partial charge in [-0.25, -0.2) is 0 Å². The second-order valence-electron chi connectivity index (χ2n) is 7.09. The maximum absolute atomic E-state index is 12.1. The van der Waals surface area contributed by atoms with Crippen molar-refractivity contribution in [2.24, 2.45) is 0 Å². The quantitative estimate of drug-likeness (QED) is 0.773. The number of likely N-dealkylation sites (N-methyl/N-ethyl adjacent to an activating group) is 1. The number of carbonyl (C=O) groups is 1. The lowest BCUT2D eigenvalue weighted by Gasteiger charge is -2.32. The zero-order chi connectivity index (χ0) is 18.2. The topological polar surface area (TPSA) is 35.6 Å². The molecular formula is C22H29N3O. The number of amides is 1. The van der Waals surface area contributed by atoms with Crippen molar-refractivity contribution in [3.05, 3.63) is 54.6 Å². The van der Waals surface area contributed by atoms with Crippen molar-refractivity contribution in [1.29, 1.82) is 0 Å². The zero-order valence-electron chi connectivity index (χ0n) is 15.7. The fourth-order valence-corrected chi connectivity index (χ4v) is 3.29. The number of hydrogen-bond acceptors (Lipinski definition) is 3. The van der Waals surface area contributed by atoms with Crippen LogP contribution in [0.1, 0.15) is 19.3 Å². The molecule has 0 unspecified atom stereocenters. The second kappa shape index (κ2) is 9.51. The molecule has 1 amide bonds. The summed E-state index contributed by atoms with van der Waals surface area (Å²) in [6, 6.07) is 18.3. The molecule has 1 heterocycles. The first kappa shape index (κ1) is 18.6. The molecule has 0 bridgehead atoms. The summed E-state index contributed by atoms with van der Waals surface area (Å²) in [5, 5.41) is 3.01. The number of carbonyl (C=O) groups excluding carboxylic acids is 1. The van der Waals surface area contributed by atoms with Crippen molar-refractivity contribution in [3.63, 3.8) is 0 Å². The van der Waals surface area contributed by atoms with E-state index in [9.17, 15) is 4.79 Å². The number of nitrogens with one attached hydrogen (secondary N) is 1. The van der Waals surface area contributed by atoms with Gasteiger partial charge in [0.2, 0.25) is 5.91 Å². The molecule has 1 aliphatic rings. The van der Waals surface area contributed by atoms with Gasteiger partial charge in [0.1, 0.15) is 0 Å². The summed E-state index contributed by atoms with van der Waals surface area (Å²) < 4.78 is 0. The van der Waals surface area contributed by atoms with Crippen molar-refractivity contribution in [3.8, 4) is 11.1 Å². The van der Waals surface area contributed by atoms with E-state index in [1.165, 1.54) is 5.56 Å². The van der Waals surface area contributed by atoms with Crippen LogP contribution >= 0.6 is 0 Å². The molecule has 2 aromatic carbocycles. The molecule has 3 rings (SSSR count). The first-order chi connectivity index (χ1) is 12.7. The Kier molecular flexibility index (Phi) is 6.81. The molecule has 1 fully saturated rings. The molecule has 4 nitrogen and oxygen atoms in total. The fraction of sp³-hybridized carbons (Fsp3) is 0.409. The van der Waals surface area contributed by atoms with E-state index in [1.807, 2.05) is 30.3 Å². The van der Waals surface area contributed by atoms with E-state index in [1.54, 1.807) is 0 Å². The summed E-state index contributed by atoms with van der Waals surface area (Å²) in [4.78, 5) is 17.0. The normalized spacial score (nSPS) is 15.7. The van der Waals surface area contributed by atoms with E-state index in [4.69, 9.17) is 0 Å². The summed E-state index contributed by atoms with van der Waals surface area (Å²) in [5.41, 5.74) is 3.22. The zero-order valence-corrected chi connectivity index (χ0v) is 15.7. The number of hydrogen-bond donors (Lipinski definition) is 1. The van der Waals surface area contributed by atoms with Crippen LogP contribution in [0.5, 0.6) is 0 Å². The van der Waals surface area contributed by atoms with Crippen LogP contribution in [0.25, 0.3) is 11.1 Å². The van der Waals surface area contributed by atoms with Gasteiger partial charge in [0, 0.05) is 38.3 Å². The van der Waals surface area contributed by atoms with E-state index in [0.29, 0.717) is 6.42 Å². The molecule has 2 aromatic rings. The molecule has 26 heavy (non-hydrogen) atoms. The van der Waals surface area contributed by atoms with Crippen molar-refractivity contribution < 1.29 is 4.79 Å². The van der Waals surface area contributed by atoms with E-state index >= 15 is 0 Å². The number of piperazine rings is 1. The van der Waals surface area contributed by atoms with E-state index < -0.39 is 0 Å².